The van der Waals surface area contributed by atoms with Gasteiger partial charge in [0.2, 0.25) is 11.9 Å². The van der Waals surface area contributed by atoms with Crippen molar-refractivity contribution in [1.82, 2.24) is 9.97 Å². The minimum Gasteiger partial charge on any atom is -0.362 e. The van der Waals surface area contributed by atoms with E-state index in [0.29, 0.717) is 21.7 Å². The second-order valence-electron chi connectivity index (χ2n) is 8.12. The van der Waals surface area contributed by atoms with E-state index in [9.17, 15) is 4.79 Å². The highest BCUT2D eigenvalue weighted by Gasteiger charge is 2.27. The van der Waals surface area contributed by atoms with Gasteiger partial charge < -0.3 is 15.5 Å². The lowest BCUT2D eigenvalue weighted by atomic mass is 9.85. The number of nitrogens with one attached hydrogen (secondary N) is 2. The van der Waals surface area contributed by atoms with Crippen LogP contribution in [-0.2, 0) is 4.79 Å². The predicted octanol–water partition coefficient (Wildman–Crippen LogP) is 5.61. The van der Waals surface area contributed by atoms with Crippen molar-refractivity contribution in [2.75, 3.05) is 29.6 Å². The van der Waals surface area contributed by atoms with Crippen LogP contribution in [0.2, 0.25) is 10.0 Å². The fourth-order valence-corrected chi connectivity index (χ4v) is 4.54. The summed E-state index contributed by atoms with van der Waals surface area (Å²) in [5.41, 5.74) is 1.54. The number of para-hydroxylation sites is 1. The van der Waals surface area contributed by atoms with Crippen molar-refractivity contribution in [3.05, 3.63) is 52.5 Å². The van der Waals surface area contributed by atoms with Crippen LogP contribution >= 0.6 is 23.2 Å². The van der Waals surface area contributed by atoms with E-state index in [-0.39, 0.29) is 17.9 Å². The van der Waals surface area contributed by atoms with E-state index in [2.05, 4.69) is 15.6 Å². The zero-order valence-corrected chi connectivity index (χ0v) is 19.0. The molecule has 162 valence electrons. The van der Waals surface area contributed by atoms with Gasteiger partial charge in [-0.05, 0) is 56.0 Å². The minimum absolute atomic E-state index is 0.00799. The highest BCUT2D eigenvalue weighted by atomic mass is 35.5. The first-order valence-corrected chi connectivity index (χ1v) is 11.1. The Morgan fingerprint density at radius 3 is 2.35 bits per heavy atom. The van der Waals surface area contributed by atoms with Crippen molar-refractivity contribution in [3.8, 4) is 0 Å². The molecule has 0 aliphatic heterocycles. The number of amides is 1. The van der Waals surface area contributed by atoms with Gasteiger partial charge in [-0.3, -0.25) is 4.79 Å². The van der Waals surface area contributed by atoms with Crippen LogP contribution in [0.25, 0.3) is 10.9 Å². The summed E-state index contributed by atoms with van der Waals surface area (Å²) < 4.78 is 0. The Morgan fingerprint density at radius 2 is 1.68 bits per heavy atom. The van der Waals surface area contributed by atoms with Gasteiger partial charge in [0, 0.05) is 47.2 Å². The molecule has 1 aliphatic rings. The normalized spacial score (nSPS) is 18.6. The Hall–Kier alpha value is -2.57. The number of fused-ring (bicyclic) bond motifs is 1. The molecule has 0 unspecified atom stereocenters. The van der Waals surface area contributed by atoms with Crippen LogP contribution in [0.5, 0.6) is 0 Å². The molecule has 2 aromatic carbocycles. The maximum Gasteiger partial charge on any atom is 0.227 e. The molecule has 8 heteroatoms. The van der Waals surface area contributed by atoms with Crippen LogP contribution in [0.15, 0.2) is 42.5 Å². The van der Waals surface area contributed by atoms with E-state index < -0.39 is 0 Å². The SMILES string of the molecule is CN(C)c1nc(N[C@H]2CC[C@@H](C(=O)Nc3cc(Cl)cc(Cl)c3)CC2)nc2ccccc12. The number of rotatable bonds is 5. The molecule has 0 atom stereocenters. The molecule has 2 N–H and O–H groups in total. The zero-order chi connectivity index (χ0) is 22.0. The molecular formula is C23H25Cl2N5O. The van der Waals surface area contributed by atoms with Gasteiger partial charge in [-0.1, -0.05) is 35.3 Å². The monoisotopic (exact) mass is 457 g/mol. The van der Waals surface area contributed by atoms with Gasteiger partial charge in [-0.2, -0.15) is 4.98 Å². The first-order chi connectivity index (χ1) is 14.9. The molecule has 6 nitrogen and oxygen atoms in total. The Kier molecular flexibility index (Phi) is 6.49. The molecular weight excluding hydrogens is 433 g/mol. The summed E-state index contributed by atoms with van der Waals surface area (Å²) in [6.07, 6.45) is 3.35. The number of carbonyl (C=O) groups is 1. The lowest BCUT2D eigenvalue weighted by molar-refractivity contribution is -0.120. The lowest BCUT2D eigenvalue weighted by Crippen LogP contribution is -2.32. The number of aromatic nitrogens is 2. The van der Waals surface area contributed by atoms with Crippen molar-refractivity contribution in [1.29, 1.82) is 0 Å². The molecule has 4 rings (SSSR count). The molecule has 0 radical (unpaired) electrons. The fraction of sp³-hybridized carbons (Fsp3) is 0.348. The van der Waals surface area contributed by atoms with Crippen LogP contribution in [0.3, 0.4) is 0 Å². The molecule has 1 aromatic heterocycles. The minimum atomic E-state index is -0.0364. The summed E-state index contributed by atoms with van der Waals surface area (Å²) in [4.78, 5) is 24.1. The molecule has 1 fully saturated rings. The van der Waals surface area contributed by atoms with E-state index in [4.69, 9.17) is 28.2 Å². The number of hydrogen-bond acceptors (Lipinski definition) is 5. The third-order valence-electron chi connectivity index (χ3n) is 5.57. The van der Waals surface area contributed by atoms with Gasteiger partial charge in [-0.15, -0.1) is 0 Å². The summed E-state index contributed by atoms with van der Waals surface area (Å²) in [7, 11) is 3.96. The Labute approximate surface area is 192 Å². The second kappa shape index (κ2) is 9.28. The highest BCUT2D eigenvalue weighted by Crippen LogP contribution is 2.30. The molecule has 0 spiro atoms. The Balaban J connectivity index is 1.38. The van der Waals surface area contributed by atoms with Crippen molar-refractivity contribution in [2.45, 2.75) is 31.7 Å². The van der Waals surface area contributed by atoms with Crippen LogP contribution in [-0.4, -0.2) is 36.0 Å². The number of anilines is 3. The van der Waals surface area contributed by atoms with Crippen molar-refractivity contribution >= 4 is 57.5 Å². The summed E-state index contributed by atoms with van der Waals surface area (Å²) in [5.74, 6) is 1.49. The fourth-order valence-electron chi connectivity index (χ4n) is 4.02. The quantitative estimate of drug-likeness (QED) is 0.520. The second-order valence-corrected chi connectivity index (χ2v) is 9.00. The molecule has 1 saturated carbocycles. The number of benzene rings is 2. The van der Waals surface area contributed by atoms with Gasteiger partial charge in [0.1, 0.15) is 5.82 Å². The summed E-state index contributed by atoms with van der Waals surface area (Å²) in [6, 6.07) is 13.3. The van der Waals surface area contributed by atoms with E-state index >= 15 is 0 Å². The predicted molar refractivity (Wildman–Crippen MR) is 128 cm³/mol. The Bertz CT molecular complexity index is 1080. The zero-order valence-electron chi connectivity index (χ0n) is 17.5. The first kappa shape index (κ1) is 21.7. The highest BCUT2D eigenvalue weighted by molar-refractivity contribution is 6.35. The van der Waals surface area contributed by atoms with Gasteiger partial charge in [0.05, 0.1) is 5.52 Å². The molecule has 1 heterocycles. The van der Waals surface area contributed by atoms with Crippen molar-refractivity contribution in [2.24, 2.45) is 5.92 Å². The molecule has 3 aromatic rings. The van der Waals surface area contributed by atoms with E-state index in [1.165, 1.54) is 0 Å². The maximum absolute atomic E-state index is 12.7. The number of hydrogen-bond donors (Lipinski definition) is 2. The molecule has 1 aliphatic carbocycles. The van der Waals surface area contributed by atoms with Crippen LogP contribution in [0.1, 0.15) is 25.7 Å². The summed E-state index contributed by atoms with van der Waals surface area (Å²) in [6.45, 7) is 0. The van der Waals surface area contributed by atoms with Crippen molar-refractivity contribution < 1.29 is 4.79 Å². The summed E-state index contributed by atoms with van der Waals surface area (Å²) >= 11 is 12.0. The molecule has 0 saturated heterocycles. The third kappa shape index (κ3) is 5.20. The Morgan fingerprint density at radius 1 is 1.00 bits per heavy atom. The van der Waals surface area contributed by atoms with Gasteiger partial charge in [-0.25, -0.2) is 4.98 Å². The number of halogens is 2. The maximum atomic E-state index is 12.7. The number of nitrogens with zero attached hydrogens (tertiary/aromatic N) is 3. The van der Waals surface area contributed by atoms with E-state index in [1.54, 1.807) is 18.2 Å². The van der Waals surface area contributed by atoms with E-state index in [0.717, 1.165) is 42.4 Å². The van der Waals surface area contributed by atoms with Gasteiger partial charge >= 0.3 is 0 Å². The topological polar surface area (TPSA) is 70.2 Å². The van der Waals surface area contributed by atoms with Crippen molar-refractivity contribution in [3.63, 3.8) is 0 Å². The first-order valence-electron chi connectivity index (χ1n) is 10.4. The van der Waals surface area contributed by atoms with Gasteiger partial charge in [0.25, 0.3) is 0 Å². The molecule has 0 bridgehead atoms. The van der Waals surface area contributed by atoms with Crippen LogP contribution in [0, 0.1) is 5.92 Å². The lowest BCUT2D eigenvalue weighted by Gasteiger charge is -2.28. The largest absolute Gasteiger partial charge is 0.362 e. The van der Waals surface area contributed by atoms with Gasteiger partial charge in [0.15, 0.2) is 0 Å². The third-order valence-corrected chi connectivity index (χ3v) is 6.00. The van der Waals surface area contributed by atoms with Crippen LogP contribution < -0.4 is 15.5 Å². The number of carbonyl (C=O) groups excluding carboxylic acids is 1. The smallest absolute Gasteiger partial charge is 0.227 e. The average molecular weight is 458 g/mol. The molecule has 1 amide bonds. The average Bonchev–Trinajstić information content (AvgIpc) is 2.73. The summed E-state index contributed by atoms with van der Waals surface area (Å²) in [5, 5.41) is 8.45. The molecule has 31 heavy (non-hydrogen) atoms. The van der Waals surface area contributed by atoms with E-state index in [1.807, 2.05) is 43.3 Å². The standard InChI is InChI=1S/C23H25Cl2N5O/c1-30(2)21-19-5-3-4-6-20(19)28-23(29-21)27-17-9-7-14(8-10-17)22(31)26-18-12-15(24)11-16(25)13-18/h3-6,11-14,17H,7-10H2,1-2H3,(H,26,31)(H,27,28,29)/t14-,17+. The van der Waals surface area contributed by atoms with Crippen LogP contribution in [0.4, 0.5) is 17.5 Å².